The predicted molar refractivity (Wildman–Crippen MR) is 91.9 cm³/mol. The fourth-order valence-electron chi connectivity index (χ4n) is 2.53. The van der Waals surface area contributed by atoms with Crippen molar-refractivity contribution in [2.75, 3.05) is 14.1 Å². The quantitative estimate of drug-likeness (QED) is 0.667. The highest BCUT2D eigenvalue weighted by molar-refractivity contribution is 5.76. The van der Waals surface area contributed by atoms with E-state index in [9.17, 15) is 9.59 Å². The lowest BCUT2D eigenvalue weighted by Gasteiger charge is -2.22. The Morgan fingerprint density at radius 3 is 2.80 bits per heavy atom. The van der Waals surface area contributed by atoms with Crippen molar-refractivity contribution in [2.24, 2.45) is 0 Å². The Balaban J connectivity index is 1.71. The zero-order valence-electron chi connectivity index (χ0n) is 14.0. The largest absolute Gasteiger partial charge is 0.441 e. The van der Waals surface area contributed by atoms with Crippen LogP contribution in [0.25, 0.3) is 11.0 Å². The molecule has 3 rings (SSSR count). The number of hydrogen-bond donors (Lipinski definition) is 1. The first-order chi connectivity index (χ1) is 12.1. The summed E-state index contributed by atoms with van der Waals surface area (Å²) in [5, 5.41) is 4.41. The van der Waals surface area contributed by atoms with Gasteiger partial charge in [-0.05, 0) is 26.1 Å². The average molecular weight is 341 g/mol. The smallest absolute Gasteiger partial charge is 0.325 e. The maximum absolute atomic E-state index is 12.5. The molecule has 0 bridgehead atoms. The van der Waals surface area contributed by atoms with Crippen LogP contribution in [-0.4, -0.2) is 50.8 Å². The van der Waals surface area contributed by atoms with E-state index in [1.54, 1.807) is 0 Å². The van der Waals surface area contributed by atoms with Crippen molar-refractivity contribution < 1.29 is 9.53 Å². The van der Waals surface area contributed by atoms with E-state index in [1.165, 1.54) is 17.2 Å². The lowest BCUT2D eigenvalue weighted by Crippen LogP contribution is -2.39. The zero-order valence-corrected chi connectivity index (χ0v) is 14.0. The third-order valence-corrected chi connectivity index (χ3v) is 3.94. The Morgan fingerprint density at radius 1 is 1.32 bits per heavy atom. The minimum absolute atomic E-state index is 0.0993. The molecule has 130 valence electrons. The monoisotopic (exact) mass is 341 g/mol. The van der Waals surface area contributed by atoms with Crippen molar-refractivity contribution in [1.29, 1.82) is 0 Å². The van der Waals surface area contributed by atoms with E-state index in [-0.39, 0.29) is 18.3 Å². The van der Waals surface area contributed by atoms with Gasteiger partial charge in [0.15, 0.2) is 12.4 Å². The second-order valence-electron chi connectivity index (χ2n) is 5.87. The molecule has 8 heteroatoms. The Morgan fingerprint density at radius 2 is 2.08 bits per heavy atom. The van der Waals surface area contributed by atoms with Crippen LogP contribution in [0.4, 0.5) is 0 Å². The molecule has 0 aliphatic rings. The first-order valence-corrected chi connectivity index (χ1v) is 7.82. The zero-order chi connectivity index (χ0) is 17.8. The molecule has 3 aromatic rings. The number of aromatic nitrogens is 4. The number of rotatable bonds is 6. The van der Waals surface area contributed by atoms with Gasteiger partial charge < -0.3 is 9.72 Å². The molecule has 0 aliphatic heterocycles. The molecular weight excluding hydrogens is 322 g/mol. The first-order valence-electron chi connectivity index (χ1n) is 7.82. The maximum Gasteiger partial charge on any atom is 0.325 e. The second kappa shape index (κ2) is 7.27. The Labute approximate surface area is 144 Å². The van der Waals surface area contributed by atoms with Crippen LogP contribution in [0, 0.1) is 0 Å². The van der Waals surface area contributed by atoms with Gasteiger partial charge in [-0.3, -0.25) is 14.5 Å². The van der Waals surface area contributed by atoms with Crippen LogP contribution in [-0.2, 0) is 22.7 Å². The van der Waals surface area contributed by atoms with Crippen molar-refractivity contribution in [3.63, 3.8) is 0 Å². The number of hydrogen-bond acceptors (Lipinski definition) is 6. The number of fused-ring (bicyclic) bond motifs is 1. The van der Waals surface area contributed by atoms with Crippen LogP contribution in [0.3, 0.4) is 0 Å². The number of carbonyl (C=O) groups is 1. The highest BCUT2D eigenvalue weighted by Crippen LogP contribution is 2.10. The molecule has 0 aliphatic carbocycles. The number of nitrogens with zero attached hydrogens (tertiary/aromatic N) is 4. The minimum Gasteiger partial charge on any atom is -0.441 e. The molecule has 8 nitrogen and oxygen atoms in total. The minimum atomic E-state index is -0.416. The van der Waals surface area contributed by atoms with Gasteiger partial charge in [-0.15, -0.1) is 0 Å². The fourth-order valence-corrected chi connectivity index (χ4v) is 2.53. The van der Waals surface area contributed by atoms with Gasteiger partial charge in [0.25, 0.3) is 5.56 Å². The van der Waals surface area contributed by atoms with E-state index < -0.39 is 6.04 Å². The standard InChI is InChI=1S/C17H19N5O3/c1-21(2)14(8-12-6-4-3-5-7-12)17(24)25-11-22-15-13(9-20-22)16(23)19-10-18-15/h3-7,9-10,14H,8,11H2,1-2H3,(H,18,19,23)/t14-/m0/s1. The summed E-state index contributed by atoms with van der Waals surface area (Å²) in [7, 11) is 3.67. The molecule has 0 saturated carbocycles. The molecule has 2 heterocycles. The number of aromatic amines is 1. The third-order valence-electron chi connectivity index (χ3n) is 3.94. The molecule has 0 amide bonds. The third kappa shape index (κ3) is 3.74. The Kier molecular flexibility index (Phi) is 4.90. The second-order valence-corrected chi connectivity index (χ2v) is 5.87. The molecule has 0 saturated heterocycles. The number of H-pyrrole nitrogens is 1. The number of ether oxygens (including phenoxy) is 1. The van der Waals surface area contributed by atoms with E-state index >= 15 is 0 Å². The average Bonchev–Trinajstić information content (AvgIpc) is 3.03. The number of likely N-dealkylation sites (N-methyl/N-ethyl adjacent to an activating group) is 1. The van der Waals surface area contributed by atoms with Crippen molar-refractivity contribution in [1.82, 2.24) is 24.6 Å². The highest BCUT2D eigenvalue weighted by atomic mass is 16.5. The van der Waals surface area contributed by atoms with Crippen LogP contribution in [0.1, 0.15) is 5.56 Å². The number of nitrogens with one attached hydrogen (secondary N) is 1. The van der Waals surface area contributed by atoms with Gasteiger partial charge >= 0.3 is 5.97 Å². The summed E-state index contributed by atoms with van der Waals surface area (Å²) >= 11 is 0. The van der Waals surface area contributed by atoms with E-state index in [4.69, 9.17) is 4.74 Å². The summed E-state index contributed by atoms with van der Waals surface area (Å²) in [6.07, 6.45) is 3.25. The topological polar surface area (TPSA) is 93.1 Å². The Bertz CT molecular complexity index is 917. The summed E-state index contributed by atoms with van der Waals surface area (Å²) in [5.41, 5.74) is 1.15. The van der Waals surface area contributed by atoms with Crippen LogP contribution in [0.2, 0.25) is 0 Å². The van der Waals surface area contributed by atoms with Crippen molar-refractivity contribution in [3.8, 4) is 0 Å². The maximum atomic E-state index is 12.5. The fraction of sp³-hybridized carbons (Fsp3) is 0.294. The molecule has 0 fully saturated rings. The van der Waals surface area contributed by atoms with Crippen LogP contribution < -0.4 is 5.56 Å². The lowest BCUT2D eigenvalue weighted by atomic mass is 10.1. The molecule has 2 aromatic heterocycles. The van der Waals surface area contributed by atoms with E-state index in [1.807, 2.05) is 49.3 Å². The number of benzene rings is 1. The molecular formula is C17H19N5O3. The molecule has 0 unspecified atom stereocenters. The normalized spacial score (nSPS) is 12.4. The summed E-state index contributed by atoms with van der Waals surface area (Å²) in [6.45, 7) is -0.0993. The van der Waals surface area contributed by atoms with Crippen molar-refractivity contribution in [2.45, 2.75) is 19.2 Å². The van der Waals surface area contributed by atoms with Gasteiger partial charge in [0, 0.05) is 0 Å². The van der Waals surface area contributed by atoms with Crippen molar-refractivity contribution in [3.05, 3.63) is 58.8 Å². The molecule has 0 spiro atoms. The molecule has 0 radical (unpaired) electrons. The van der Waals surface area contributed by atoms with Gasteiger partial charge in [-0.25, -0.2) is 9.67 Å². The molecule has 25 heavy (non-hydrogen) atoms. The van der Waals surface area contributed by atoms with Gasteiger partial charge in [-0.1, -0.05) is 30.3 Å². The van der Waals surface area contributed by atoms with Crippen LogP contribution in [0.15, 0.2) is 47.7 Å². The summed E-state index contributed by atoms with van der Waals surface area (Å²) in [6, 6.07) is 9.34. The summed E-state index contributed by atoms with van der Waals surface area (Å²) in [5.74, 6) is -0.359. The highest BCUT2D eigenvalue weighted by Gasteiger charge is 2.23. The molecule has 1 aromatic carbocycles. The van der Waals surface area contributed by atoms with E-state index in [2.05, 4.69) is 15.1 Å². The predicted octanol–water partition coefficient (Wildman–Crippen LogP) is 0.793. The van der Waals surface area contributed by atoms with Gasteiger partial charge in [0.1, 0.15) is 11.4 Å². The van der Waals surface area contributed by atoms with Gasteiger partial charge in [0.2, 0.25) is 0 Å². The number of carbonyl (C=O) groups excluding carboxylic acids is 1. The van der Waals surface area contributed by atoms with E-state index in [0.29, 0.717) is 17.5 Å². The first kappa shape index (κ1) is 16.8. The summed E-state index contributed by atoms with van der Waals surface area (Å²) < 4.78 is 6.78. The number of esters is 1. The molecule has 1 N–H and O–H groups in total. The van der Waals surface area contributed by atoms with Crippen LogP contribution in [0.5, 0.6) is 0 Å². The molecule has 1 atom stereocenters. The Hall–Kier alpha value is -3.00. The lowest BCUT2D eigenvalue weighted by molar-refractivity contribution is -0.153. The summed E-state index contributed by atoms with van der Waals surface area (Å²) in [4.78, 5) is 32.5. The van der Waals surface area contributed by atoms with Gasteiger partial charge in [0.05, 0.1) is 12.5 Å². The van der Waals surface area contributed by atoms with Gasteiger partial charge in [-0.2, -0.15) is 5.10 Å². The van der Waals surface area contributed by atoms with Crippen molar-refractivity contribution >= 4 is 17.0 Å². The van der Waals surface area contributed by atoms with E-state index in [0.717, 1.165) is 5.56 Å². The van der Waals surface area contributed by atoms with Crippen LogP contribution >= 0.6 is 0 Å². The SMILES string of the molecule is CN(C)[C@@H](Cc1ccccc1)C(=O)OCn1ncc2c(=O)[nH]cnc21.